The van der Waals surface area contributed by atoms with Gasteiger partial charge in [-0.2, -0.15) is 0 Å². The molecule has 2 aliphatic heterocycles. The van der Waals surface area contributed by atoms with Gasteiger partial charge in [0.15, 0.2) is 0 Å². The highest BCUT2D eigenvalue weighted by Crippen LogP contribution is 2.44. The number of rotatable bonds is 3. The van der Waals surface area contributed by atoms with Crippen LogP contribution in [0, 0.1) is 6.92 Å². The van der Waals surface area contributed by atoms with Gasteiger partial charge in [0, 0.05) is 10.9 Å². The van der Waals surface area contributed by atoms with Gasteiger partial charge in [-0.05, 0) is 58.4 Å². The molecule has 4 nitrogen and oxygen atoms in total. The molecule has 0 spiro atoms. The SMILES string of the molecule is Cc1ccc(C2=CC3COCC(C2)N3C(=O)OCC2c3ccccc3-c3ccccc32)cc1Cl. The molecule has 2 unspecified atom stereocenters. The molecule has 3 aromatic rings. The number of nitrogens with zero attached hydrogens (tertiary/aromatic N) is 1. The minimum Gasteiger partial charge on any atom is -0.448 e. The third-order valence-corrected chi connectivity index (χ3v) is 7.70. The lowest BCUT2D eigenvalue weighted by Gasteiger charge is -2.44. The number of carbonyl (C=O) groups is 1. The van der Waals surface area contributed by atoms with Crippen molar-refractivity contribution in [2.75, 3.05) is 19.8 Å². The normalized spacial score (nSPS) is 21.0. The highest BCUT2D eigenvalue weighted by atomic mass is 35.5. The number of ether oxygens (including phenoxy) is 2. The molecule has 2 atom stereocenters. The quantitative estimate of drug-likeness (QED) is 0.440. The molecule has 0 aromatic heterocycles. The number of carbonyl (C=O) groups excluding carboxylic acids is 1. The van der Waals surface area contributed by atoms with Gasteiger partial charge in [0.25, 0.3) is 0 Å². The second-order valence-electron chi connectivity index (χ2n) is 9.33. The van der Waals surface area contributed by atoms with Crippen molar-refractivity contribution >= 4 is 23.3 Å². The maximum absolute atomic E-state index is 13.3. The van der Waals surface area contributed by atoms with Crippen molar-refractivity contribution in [1.29, 1.82) is 0 Å². The van der Waals surface area contributed by atoms with Crippen LogP contribution in [0.25, 0.3) is 16.7 Å². The molecule has 1 fully saturated rings. The molecule has 3 aliphatic rings. The van der Waals surface area contributed by atoms with E-state index in [-0.39, 0.29) is 24.1 Å². The largest absolute Gasteiger partial charge is 0.448 e. The maximum Gasteiger partial charge on any atom is 0.410 e. The Morgan fingerprint density at radius 3 is 2.41 bits per heavy atom. The molecule has 172 valence electrons. The molecule has 0 saturated carbocycles. The number of morpholine rings is 1. The standard InChI is InChI=1S/C29H26ClNO3/c1-18-10-11-19(14-28(18)30)20-12-21-15-33-16-22(13-20)31(21)29(32)34-17-27-25-8-4-2-6-23(25)24-7-3-5-9-26(24)27/h2-12,14,21-22,27H,13,15-17H2,1H3. The summed E-state index contributed by atoms with van der Waals surface area (Å²) in [6.45, 7) is 3.32. The maximum atomic E-state index is 13.3. The second kappa shape index (κ2) is 8.61. The van der Waals surface area contributed by atoms with E-state index in [0.717, 1.165) is 22.6 Å². The predicted octanol–water partition coefficient (Wildman–Crippen LogP) is 6.45. The Kier molecular flexibility index (Phi) is 5.43. The number of hydrogen-bond donors (Lipinski definition) is 0. The van der Waals surface area contributed by atoms with Crippen LogP contribution < -0.4 is 0 Å². The summed E-state index contributed by atoms with van der Waals surface area (Å²) >= 11 is 6.37. The minimum atomic E-state index is -0.266. The van der Waals surface area contributed by atoms with Gasteiger partial charge in [0.2, 0.25) is 0 Å². The van der Waals surface area contributed by atoms with Crippen molar-refractivity contribution < 1.29 is 14.3 Å². The van der Waals surface area contributed by atoms with Crippen LogP contribution in [0.4, 0.5) is 4.79 Å². The van der Waals surface area contributed by atoms with Gasteiger partial charge in [-0.1, -0.05) is 78.3 Å². The fourth-order valence-electron chi connectivity index (χ4n) is 5.56. The fourth-order valence-corrected chi connectivity index (χ4v) is 5.74. The van der Waals surface area contributed by atoms with E-state index >= 15 is 0 Å². The summed E-state index contributed by atoms with van der Waals surface area (Å²) in [6.07, 6.45) is 2.59. The van der Waals surface area contributed by atoms with Crippen molar-refractivity contribution in [2.24, 2.45) is 0 Å². The molecular weight excluding hydrogens is 446 g/mol. The van der Waals surface area contributed by atoms with Crippen LogP contribution in [0.15, 0.2) is 72.8 Å². The van der Waals surface area contributed by atoms with Crippen LogP contribution in [-0.4, -0.2) is 42.9 Å². The van der Waals surface area contributed by atoms with Crippen molar-refractivity contribution in [3.8, 4) is 11.1 Å². The first-order valence-electron chi connectivity index (χ1n) is 11.8. The highest BCUT2D eigenvalue weighted by molar-refractivity contribution is 6.31. The molecule has 1 amide bonds. The van der Waals surface area contributed by atoms with E-state index < -0.39 is 0 Å². The lowest BCUT2D eigenvalue weighted by atomic mass is 9.90. The van der Waals surface area contributed by atoms with E-state index in [2.05, 4.69) is 60.7 Å². The molecule has 2 heterocycles. The molecule has 0 N–H and O–H groups in total. The van der Waals surface area contributed by atoms with E-state index in [1.165, 1.54) is 27.8 Å². The van der Waals surface area contributed by atoms with Gasteiger partial charge < -0.3 is 9.47 Å². The van der Waals surface area contributed by atoms with Gasteiger partial charge in [-0.15, -0.1) is 0 Å². The summed E-state index contributed by atoms with van der Waals surface area (Å²) in [5, 5.41) is 0.763. The van der Waals surface area contributed by atoms with Crippen LogP contribution in [0.1, 0.15) is 34.6 Å². The zero-order valence-corrected chi connectivity index (χ0v) is 19.8. The lowest BCUT2D eigenvalue weighted by molar-refractivity contribution is -0.0331. The highest BCUT2D eigenvalue weighted by Gasteiger charge is 2.40. The number of fused-ring (bicyclic) bond motifs is 5. The number of hydrogen-bond acceptors (Lipinski definition) is 3. The summed E-state index contributed by atoms with van der Waals surface area (Å²) < 4.78 is 11.8. The van der Waals surface area contributed by atoms with E-state index in [4.69, 9.17) is 21.1 Å². The number of amides is 1. The Hall–Kier alpha value is -3.08. The molecular formula is C29H26ClNO3. The summed E-state index contributed by atoms with van der Waals surface area (Å²) in [7, 11) is 0. The van der Waals surface area contributed by atoms with Crippen molar-refractivity contribution in [1.82, 2.24) is 4.90 Å². The van der Waals surface area contributed by atoms with Crippen molar-refractivity contribution in [3.05, 3.63) is 100 Å². The smallest absolute Gasteiger partial charge is 0.410 e. The van der Waals surface area contributed by atoms with Gasteiger partial charge in [0.1, 0.15) is 6.61 Å². The molecule has 3 aromatic carbocycles. The van der Waals surface area contributed by atoms with Gasteiger partial charge in [-0.25, -0.2) is 4.79 Å². The van der Waals surface area contributed by atoms with Crippen LogP contribution in [-0.2, 0) is 9.47 Å². The number of halogens is 1. The zero-order chi connectivity index (χ0) is 23.2. The Bertz CT molecular complexity index is 1250. The zero-order valence-electron chi connectivity index (χ0n) is 19.0. The summed E-state index contributed by atoms with van der Waals surface area (Å²) in [5.74, 6) is 0.0537. The Balaban J connectivity index is 1.22. The molecule has 34 heavy (non-hydrogen) atoms. The van der Waals surface area contributed by atoms with E-state index in [1.54, 1.807) is 0 Å². The van der Waals surface area contributed by atoms with Crippen LogP contribution in [0.5, 0.6) is 0 Å². The number of aryl methyl sites for hydroxylation is 1. The monoisotopic (exact) mass is 471 g/mol. The Morgan fingerprint density at radius 2 is 1.74 bits per heavy atom. The lowest BCUT2D eigenvalue weighted by Crippen LogP contribution is -2.56. The predicted molar refractivity (Wildman–Crippen MR) is 134 cm³/mol. The van der Waals surface area contributed by atoms with Crippen LogP contribution in [0.3, 0.4) is 0 Å². The summed E-state index contributed by atoms with van der Waals surface area (Å²) in [4.78, 5) is 15.2. The van der Waals surface area contributed by atoms with Gasteiger partial charge in [0.05, 0.1) is 25.3 Å². The van der Waals surface area contributed by atoms with Crippen molar-refractivity contribution in [2.45, 2.75) is 31.3 Å². The summed E-state index contributed by atoms with van der Waals surface area (Å²) in [5.41, 5.74) is 8.28. The molecule has 1 saturated heterocycles. The Labute approximate surface area is 204 Å². The topological polar surface area (TPSA) is 38.8 Å². The van der Waals surface area contributed by atoms with Gasteiger partial charge >= 0.3 is 6.09 Å². The first kappa shape index (κ1) is 21.5. The van der Waals surface area contributed by atoms with Crippen LogP contribution in [0.2, 0.25) is 5.02 Å². The first-order valence-corrected chi connectivity index (χ1v) is 12.2. The Morgan fingerprint density at radius 1 is 1.03 bits per heavy atom. The van der Waals surface area contributed by atoms with E-state index in [9.17, 15) is 4.79 Å². The fraction of sp³-hybridized carbons (Fsp3) is 0.276. The minimum absolute atomic E-state index is 0.0468. The first-order chi connectivity index (χ1) is 16.6. The van der Waals surface area contributed by atoms with Crippen LogP contribution >= 0.6 is 11.6 Å². The summed E-state index contributed by atoms with van der Waals surface area (Å²) in [6, 6.07) is 22.8. The molecule has 6 rings (SSSR count). The molecule has 5 heteroatoms. The molecule has 1 aliphatic carbocycles. The number of benzene rings is 3. The van der Waals surface area contributed by atoms with E-state index in [0.29, 0.717) is 19.8 Å². The third-order valence-electron chi connectivity index (χ3n) is 7.29. The average molecular weight is 472 g/mol. The molecule has 0 radical (unpaired) electrons. The molecule has 2 bridgehead atoms. The second-order valence-corrected chi connectivity index (χ2v) is 9.74. The third kappa shape index (κ3) is 3.62. The average Bonchev–Trinajstić information content (AvgIpc) is 3.17. The van der Waals surface area contributed by atoms with Crippen molar-refractivity contribution in [3.63, 3.8) is 0 Å². The van der Waals surface area contributed by atoms with E-state index in [1.807, 2.05) is 24.0 Å². The van der Waals surface area contributed by atoms with Gasteiger partial charge in [-0.3, -0.25) is 4.90 Å².